The van der Waals surface area contributed by atoms with Crippen molar-refractivity contribution < 1.29 is 14.7 Å². The van der Waals surface area contributed by atoms with Gasteiger partial charge in [0.2, 0.25) is 5.91 Å². The summed E-state index contributed by atoms with van der Waals surface area (Å²) in [5, 5.41) is 11.9. The van der Waals surface area contributed by atoms with Gasteiger partial charge in [0.1, 0.15) is 0 Å². The number of hydrogen-bond acceptors (Lipinski definition) is 4. The molecule has 0 spiro atoms. The number of primary amides is 1. The highest BCUT2D eigenvalue weighted by Gasteiger charge is 2.18. The number of nitrogens with one attached hydrogen (secondary N) is 1. The first-order valence-electron chi connectivity index (χ1n) is 5.84. The van der Waals surface area contributed by atoms with Gasteiger partial charge in [0.15, 0.2) is 0 Å². The van der Waals surface area contributed by atoms with Crippen molar-refractivity contribution in [2.24, 2.45) is 5.73 Å². The number of hydrogen-bond donors (Lipinski definition) is 3. The predicted octanol–water partition coefficient (Wildman–Crippen LogP) is 0.628. The predicted molar refractivity (Wildman–Crippen MR) is 76.3 cm³/mol. The van der Waals surface area contributed by atoms with Crippen LogP contribution < -0.4 is 11.1 Å². The molecule has 1 aromatic rings. The van der Waals surface area contributed by atoms with E-state index in [1.54, 1.807) is 12.1 Å². The molecule has 0 fully saturated rings. The Balaban J connectivity index is 2.70. The van der Waals surface area contributed by atoms with E-state index in [2.05, 4.69) is 5.32 Å². The number of amides is 2. The van der Waals surface area contributed by atoms with E-state index in [1.165, 1.54) is 23.9 Å². The molecular formula is C13H18N2O3S. The highest BCUT2D eigenvalue weighted by molar-refractivity contribution is 7.99. The van der Waals surface area contributed by atoms with Crippen molar-refractivity contribution in [2.45, 2.75) is 18.2 Å². The monoisotopic (exact) mass is 282 g/mol. The van der Waals surface area contributed by atoms with Crippen molar-refractivity contribution >= 4 is 23.6 Å². The van der Waals surface area contributed by atoms with Gasteiger partial charge in [-0.2, -0.15) is 11.8 Å². The lowest BCUT2D eigenvalue weighted by Crippen LogP contribution is -2.41. The van der Waals surface area contributed by atoms with Gasteiger partial charge in [0.05, 0.1) is 6.61 Å². The van der Waals surface area contributed by atoms with E-state index in [9.17, 15) is 9.59 Å². The second kappa shape index (κ2) is 7.16. The quantitative estimate of drug-likeness (QED) is 0.713. The van der Waals surface area contributed by atoms with E-state index in [4.69, 9.17) is 10.8 Å². The van der Waals surface area contributed by atoms with Crippen LogP contribution in [0.2, 0.25) is 0 Å². The zero-order chi connectivity index (χ0) is 14.4. The fourth-order valence-electron chi connectivity index (χ4n) is 1.61. The number of carbonyl (C=O) groups excluding carboxylic acids is 2. The maximum atomic E-state index is 12.0. The average molecular weight is 282 g/mol. The summed E-state index contributed by atoms with van der Waals surface area (Å²) in [5.41, 5.74) is 5.94. The van der Waals surface area contributed by atoms with E-state index < -0.39 is 5.91 Å². The molecule has 2 atom stereocenters. The first-order chi connectivity index (χ1) is 8.99. The molecule has 0 aromatic heterocycles. The largest absolute Gasteiger partial charge is 0.395 e. The van der Waals surface area contributed by atoms with Gasteiger partial charge in [0, 0.05) is 22.4 Å². The summed E-state index contributed by atoms with van der Waals surface area (Å²) >= 11 is 1.50. The minimum absolute atomic E-state index is 0.00320. The Morgan fingerprint density at radius 3 is 2.26 bits per heavy atom. The highest BCUT2D eigenvalue weighted by Crippen LogP contribution is 2.11. The number of benzene rings is 1. The molecular weight excluding hydrogens is 264 g/mol. The molecule has 0 aliphatic rings. The second-order valence-corrected chi connectivity index (χ2v) is 5.24. The zero-order valence-corrected chi connectivity index (χ0v) is 11.7. The molecule has 0 saturated carbocycles. The fourth-order valence-corrected chi connectivity index (χ4v) is 2.23. The zero-order valence-electron chi connectivity index (χ0n) is 10.9. The lowest BCUT2D eigenvalue weighted by molar-refractivity contribution is 0.0933. The lowest BCUT2D eigenvalue weighted by Gasteiger charge is -2.21. The number of thioether (sulfide) groups is 1. The molecule has 1 aromatic carbocycles. The standard InChI is InChI=1S/C13H18N2O3S/c1-8(11(7-16)19-2)15-13(18)10-5-3-9(4-6-10)12(14)17/h3-6,8,11,16H,7H2,1-2H3,(H2,14,17)(H,15,18). The molecule has 0 heterocycles. The molecule has 1 rings (SSSR count). The van der Waals surface area contributed by atoms with Crippen molar-refractivity contribution in [1.29, 1.82) is 0 Å². The molecule has 0 aliphatic heterocycles. The van der Waals surface area contributed by atoms with Gasteiger partial charge < -0.3 is 16.2 Å². The van der Waals surface area contributed by atoms with E-state index in [-0.39, 0.29) is 23.8 Å². The van der Waals surface area contributed by atoms with Gasteiger partial charge in [-0.05, 0) is 37.4 Å². The van der Waals surface area contributed by atoms with Gasteiger partial charge >= 0.3 is 0 Å². The third kappa shape index (κ3) is 4.25. The third-order valence-corrected chi connectivity index (χ3v) is 3.99. The Morgan fingerprint density at radius 1 is 1.32 bits per heavy atom. The van der Waals surface area contributed by atoms with Gasteiger partial charge in [-0.1, -0.05) is 0 Å². The minimum Gasteiger partial charge on any atom is -0.395 e. The number of aliphatic hydroxyl groups excluding tert-OH is 1. The molecule has 6 heteroatoms. The van der Waals surface area contributed by atoms with Gasteiger partial charge in [-0.15, -0.1) is 0 Å². The number of aliphatic hydroxyl groups is 1. The number of carbonyl (C=O) groups is 2. The topological polar surface area (TPSA) is 92.4 Å². The fraction of sp³-hybridized carbons (Fsp3) is 0.385. The Hall–Kier alpha value is -1.53. The second-order valence-electron chi connectivity index (χ2n) is 4.16. The van der Waals surface area contributed by atoms with E-state index in [0.717, 1.165) is 0 Å². The van der Waals surface area contributed by atoms with E-state index >= 15 is 0 Å². The summed E-state index contributed by atoms with van der Waals surface area (Å²) in [5.74, 6) is -0.765. The molecule has 4 N–H and O–H groups in total. The van der Waals surface area contributed by atoms with Crippen LogP contribution in [-0.2, 0) is 0 Å². The first-order valence-corrected chi connectivity index (χ1v) is 7.12. The molecule has 0 aliphatic carbocycles. The maximum Gasteiger partial charge on any atom is 0.251 e. The summed E-state index contributed by atoms with van der Waals surface area (Å²) in [6.07, 6.45) is 1.88. The number of nitrogens with two attached hydrogens (primary N) is 1. The lowest BCUT2D eigenvalue weighted by atomic mass is 10.1. The van der Waals surface area contributed by atoms with Crippen molar-refractivity contribution in [2.75, 3.05) is 12.9 Å². The van der Waals surface area contributed by atoms with Crippen LogP contribution in [0.4, 0.5) is 0 Å². The molecule has 0 bridgehead atoms. The van der Waals surface area contributed by atoms with Crippen LogP contribution in [-0.4, -0.2) is 41.1 Å². The first kappa shape index (κ1) is 15.5. The summed E-state index contributed by atoms with van der Waals surface area (Å²) in [6, 6.07) is 5.98. The molecule has 19 heavy (non-hydrogen) atoms. The van der Waals surface area contributed by atoms with Crippen LogP contribution in [0.3, 0.4) is 0 Å². The Bertz CT molecular complexity index is 444. The van der Waals surface area contributed by atoms with Crippen LogP contribution >= 0.6 is 11.8 Å². The normalized spacial score (nSPS) is 13.6. The SMILES string of the molecule is CSC(CO)C(C)NC(=O)c1ccc(C(N)=O)cc1. The van der Waals surface area contributed by atoms with Crippen LogP contribution in [0.5, 0.6) is 0 Å². The van der Waals surface area contributed by atoms with Gasteiger partial charge in [-0.25, -0.2) is 0 Å². The van der Waals surface area contributed by atoms with Gasteiger partial charge in [-0.3, -0.25) is 9.59 Å². The highest BCUT2D eigenvalue weighted by atomic mass is 32.2. The Kier molecular flexibility index (Phi) is 5.85. The van der Waals surface area contributed by atoms with Crippen molar-refractivity contribution in [3.8, 4) is 0 Å². The van der Waals surface area contributed by atoms with Gasteiger partial charge in [0.25, 0.3) is 5.91 Å². The maximum absolute atomic E-state index is 12.0. The van der Waals surface area contributed by atoms with Crippen LogP contribution in [0.25, 0.3) is 0 Å². The Labute approximate surface area is 116 Å². The van der Waals surface area contributed by atoms with Crippen LogP contribution in [0, 0.1) is 0 Å². The van der Waals surface area contributed by atoms with E-state index in [0.29, 0.717) is 11.1 Å². The van der Waals surface area contributed by atoms with Crippen molar-refractivity contribution in [3.05, 3.63) is 35.4 Å². The average Bonchev–Trinajstić information content (AvgIpc) is 2.40. The summed E-state index contributed by atoms with van der Waals surface area (Å²) < 4.78 is 0. The summed E-state index contributed by atoms with van der Waals surface area (Å²) in [6.45, 7) is 1.84. The van der Waals surface area contributed by atoms with Crippen LogP contribution in [0.15, 0.2) is 24.3 Å². The Morgan fingerprint density at radius 2 is 1.84 bits per heavy atom. The summed E-state index contributed by atoms with van der Waals surface area (Å²) in [4.78, 5) is 22.9. The van der Waals surface area contributed by atoms with E-state index in [1.807, 2.05) is 13.2 Å². The van der Waals surface area contributed by atoms with Crippen molar-refractivity contribution in [1.82, 2.24) is 5.32 Å². The minimum atomic E-state index is -0.525. The third-order valence-electron chi connectivity index (χ3n) is 2.83. The molecule has 0 saturated heterocycles. The molecule has 5 nitrogen and oxygen atoms in total. The van der Waals surface area contributed by atoms with Crippen LogP contribution in [0.1, 0.15) is 27.6 Å². The van der Waals surface area contributed by atoms with Crippen molar-refractivity contribution in [3.63, 3.8) is 0 Å². The smallest absolute Gasteiger partial charge is 0.251 e. The molecule has 104 valence electrons. The molecule has 2 unspecified atom stereocenters. The molecule has 0 radical (unpaired) electrons. The summed E-state index contributed by atoms with van der Waals surface area (Å²) in [7, 11) is 0. The number of rotatable bonds is 6. The molecule has 2 amide bonds.